The molecule has 0 amide bonds. The molecule has 1 rings (SSSR count). The van der Waals surface area contributed by atoms with Crippen molar-refractivity contribution in [2.45, 2.75) is 19.0 Å². The molecular weight excluding hydrogens is 210 g/mol. The Morgan fingerprint density at radius 3 is 2.40 bits per heavy atom. The van der Waals surface area contributed by atoms with Crippen LogP contribution in [-0.4, -0.2) is 0 Å². The van der Waals surface area contributed by atoms with Crippen molar-refractivity contribution < 1.29 is 17.6 Å². The van der Waals surface area contributed by atoms with Crippen molar-refractivity contribution in [3.05, 3.63) is 35.1 Å². The average molecular weight is 217 g/mol. The van der Waals surface area contributed by atoms with Crippen molar-refractivity contribution >= 4 is 0 Å². The van der Waals surface area contributed by atoms with Crippen LogP contribution in [0.4, 0.5) is 17.6 Å². The molecule has 0 heterocycles. The van der Waals surface area contributed by atoms with Crippen LogP contribution in [0.2, 0.25) is 0 Å². The van der Waals surface area contributed by atoms with Crippen molar-refractivity contribution in [2.24, 2.45) is 0 Å². The molecule has 0 fully saturated rings. The van der Waals surface area contributed by atoms with Gasteiger partial charge in [0.05, 0.1) is 11.6 Å². The molecule has 1 nitrogen and oxygen atoms in total. The molecule has 0 N–H and O–H groups in total. The third kappa shape index (κ3) is 2.94. The van der Waals surface area contributed by atoms with Gasteiger partial charge in [-0.1, -0.05) is 6.07 Å². The van der Waals surface area contributed by atoms with Crippen LogP contribution in [-0.2, 0) is 12.6 Å². The number of aryl methyl sites for hydroxylation is 1. The molecule has 5 heteroatoms. The maximum atomic E-state index is 13.1. The first-order valence-electron chi connectivity index (χ1n) is 4.17. The zero-order valence-corrected chi connectivity index (χ0v) is 7.61. The van der Waals surface area contributed by atoms with Crippen molar-refractivity contribution in [2.75, 3.05) is 0 Å². The van der Waals surface area contributed by atoms with Crippen LogP contribution in [0, 0.1) is 17.1 Å². The third-order valence-corrected chi connectivity index (χ3v) is 1.89. The Labute approximate surface area is 83.9 Å². The average Bonchev–Trinajstić information content (AvgIpc) is 2.14. The number of nitrogens with zero attached hydrogens (tertiary/aromatic N) is 1. The summed E-state index contributed by atoms with van der Waals surface area (Å²) in [5.41, 5.74) is -0.884. The second-order valence-electron chi connectivity index (χ2n) is 2.96. The van der Waals surface area contributed by atoms with Gasteiger partial charge >= 0.3 is 6.18 Å². The maximum absolute atomic E-state index is 13.1. The molecule has 0 atom stereocenters. The van der Waals surface area contributed by atoms with Gasteiger partial charge in [-0.3, -0.25) is 0 Å². The van der Waals surface area contributed by atoms with E-state index in [9.17, 15) is 17.6 Å². The van der Waals surface area contributed by atoms with Crippen molar-refractivity contribution in [1.82, 2.24) is 0 Å². The van der Waals surface area contributed by atoms with Crippen LogP contribution >= 0.6 is 0 Å². The lowest BCUT2D eigenvalue weighted by molar-refractivity contribution is -0.137. The van der Waals surface area contributed by atoms with Crippen molar-refractivity contribution in [1.29, 1.82) is 5.26 Å². The van der Waals surface area contributed by atoms with E-state index in [0.29, 0.717) is 6.07 Å². The summed E-state index contributed by atoms with van der Waals surface area (Å²) in [6.45, 7) is 0. The molecule has 0 radical (unpaired) electrons. The molecule has 0 aliphatic rings. The molecule has 0 saturated carbocycles. The first-order valence-corrected chi connectivity index (χ1v) is 4.17. The van der Waals surface area contributed by atoms with E-state index in [2.05, 4.69) is 0 Å². The Kier molecular flexibility index (Phi) is 3.30. The first-order chi connectivity index (χ1) is 6.95. The van der Waals surface area contributed by atoms with Crippen LogP contribution in [0.25, 0.3) is 0 Å². The van der Waals surface area contributed by atoms with Gasteiger partial charge in [0.25, 0.3) is 0 Å². The van der Waals surface area contributed by atoms with Crippen LogP contribution in [0.15, 0.2) is 18.2 Å². The molecule has 0 aliphatic carbocycles. The van der Waals surface area contributed by atoms with Gasteiger partial charge in [0.15, 0.2) is 0 Å². The zero-order valence-electron chi connectivity index (χ0n) is 7.61. The molecule has 0 bridgehead atoms. The largest absolute Gasteiger partial charge is 0.416 e. The Bertz CT molecular complexity index is 389. The van der Waals surface area contributed by atoms with Gasteiger partial charge < -0.3 is 0 Å². The van der Waals surface area contributed by atoms with Gasteiger partial charge in [0, 0.05) is 6.42 Å². The Hall–Kier alpha value is -1.57. The highest BCUT2D eigenvalue weighted by atomic mass is 19.4. The summed E-state index contributed by atoms with van der Waals surface area (Å²) in [5, 5.41) is 8.25. The molecule has 15 heavy (non-hydrogen) atoms. The summed E-state index contributed by atoms with van der Waals surface area (Å²) in [7, 11) is 0. The third-order valence-electron chi connectivity index (χ3n) is 1.89. The molecule has 0 saturated heterocycles. The van der Waals surface area contributed by atoms with E-state index in [4.69, 9.17) is 5.26 Å². The molecule has 1 aromatic carbocycles. The fraction of sp³-hybridized carbons (Fsp3) is 0.300. The lowest BCUT2D eigenvalue weighted by Gasteiger charge is -2.08. The van der Waals surface area contributed by atoms with Crippen LogP contribution in [0.5, 0.6) is 0 Å². The van der Waals surface area contributed by atoms with E-state index in [1.807, 2.05) is 0 Å². The van der Waals surface area contributed by atoms with Crippen molar-refractivity contribution in [3.63, 3.8) is 0 Å². The zero-order chi connectivity index (χ0) is 11.5. The van der Waals surface area contributed by atoms with Gasteiger partial charge in [-0.05, 0) is 24.1 Å². The lowest BCUT2D eigenvalue weighted by Crippen LogP contribution is -2.06. The molecular formula is C10H7F4N. The molecule has 0 unspecified atom stereocenters. The lowest BCUT2D eigenvalue weighted by atomic mass is 10.1. The van der Waals surface area contributed by atoms with Crippen LogP contribution in [0.1, 0.15) is 17.5 Å². The van der Waals surface area contributed by atoms with E-state index >= 15 is 0 Å². The first kappa shape index (κ1) is 11.5. The maximum Gasteiger partial charge on any atom is 0.416 e. The van der Waals surface area contributed by atoms with Gasteiger partial charge in [-0.15, -0.1) is 0 Å². The summed E-state index contributed by atoms with van der Waals surface area (Å²) in [4.78, 5) is 0. The fourth-order valence-electron chi connectivity index (χ4n) is 1.12. The molecule has 0 aromatic heterocycles. The van der Waals surface area contributed by atoms with Gasteiger partial charge in [-0.25, -0.2) is 4.39 Å². The van der Waals surface area contributed by atoms with Crippen molar-refractivity contribution in [3.8, 4) is 6.07 Å². The highest BCUT2D eigenvalue weighted by molar-refractivity contribution is 5.26. The fourth-order valence-corrected chi connectivity index (χ4v) is 1.12. The highest BCUT2D eigenvalue weighted by Gasteiger charge is 2.30. The number of nitriles is 1. The molecule has 1 aromatic rings. The summed E-state index contributed by atoms with van der Waals surface area (Å²) in [6, 6.07) is 4.13. The quantitative estimate of drug-likeness (QED) is 0.697. The van der Waals surface area contributed by atoms with Crippen LogP contribution < -0.4 is 0 Å². The second kappa shape index (κ2) is 4.30. The number of hydrogen-bond donors (Lipinski definition) is 0. The Morgan fingerprint density at radius 2 is 1.93 bits per heavy atom. The van der Waals surface area contributed by atoms with Gasteiger partial charge in [0.2, 0.25) is 0 Å². The van der Waals surface area contributed by atoms with E-state index in [-0.39, 0.29) is 18.4 Å². The normalized spacial score (nSPS) is 11.1. The SMILES string of the molecule is N#CCCc1ccc(C(F)(F)F)cc1F. The van der Waals surface area contributed by atoms with E-state index in [1.165, 1.54) is 0 Å². The minimum Gasteiger partial charge on any atom is -0.207 e. The second-order valence-corrected chi connectivity index (χ2v) is 2.96. The number of halogens is 4. The Morgan fingerprint density at radius 1 is 1.27 bits per heavy atom. The smallest absolute Gasteiger partial charge is 0.207 e. The summed E-state index contributed by atoms with van der Waals surface area (Å²) >= 11 is 0. The monoisotopic (exact) mass is 217 g/mol. The number of hydrogen-bond acceptors (Lipinski definition) is 1. The highest BCUT2D eigenvalue weighted by Crippen LogP contribution is 2.30. The molecule has 0 aliphatic heterocycles. The molecule has 80 valence electrons. The number of alkyl halides is 3. The van der Waals surface area contributed by atoms with E-state index in [0.717, 1.165) is 12.1 Å². The number of benzene rings is 1. The van der Waals surface area contributed by atoms with Gasteiger partial charge in [-0.2, -0.15) is 18.4 Å². The minimum atomic E-state index is -4.53. The molecule has 0 spiro atoms. The predicted molar refractivity (Wildman–Crippen MR) is 45.3 cm³/mol. The van der Waals surface area contributed by atoms with Crippen LogP contribution in [0.3, 0.4) is 0 Å². The summed E-state index contributed by atoms with van der Waals surface area (Å²) in [6.07, 6.45) is -4.32. The minimum absolute atomic E-state index is 0.0856. The summed E-state index contributed by atoms with van der Waals surface area (Å²) < 4.78 is 49.5. The number of rotatable bonds is 2. The van der Waals surface area contributed by atoms with E-state index < -0.39 is 17.6 Å². The van der Waals surface area contributed by atoms with E-state index in [1.54, 1.807) is 6.07 Å². The predicted octanol–water partition coefficient (Wildman–Crippen LogP) is 3.30. The van der Waals surface area contributed by atoms with Gasteiger partial charge in [0.1, 0.15) is 5.82 Å². The topological polar surface area (TPSA) is 23.8 Å². The standard InChI is InChI=1S/C10H7F4N/c11-9-6-8(10(12,13)14)4-3-7(9)2-1-5-15/h3-4,6H,1-2H2. The summed E-state index contributed by atoms with van der Waals surface area (Å²) in [5.74, 6) is -0.917. The Balaban J connectivity index is 2.94.